The topological polar surface area (TPSA) is 91.7 Å². The fourth-order valence-corrected chi connectivity index (χ4v) is 1.16. The van der Waals surface area contributed by atoms with Crippen molar-refractivity contribution in [2.75, 3.05) is 25.6 Å². The Morgan fingerprint density at radius 1 is 1.62 bits per heavy atom. The van der Waals surface area contributed by atoms with E-state index in [9.17, 15) is 4.79 Å². The molecule has 0 spiro atoms. The predicted molar refractivity (Wildman–Crippen MR) is 57.6 cm³/mol. The van der Waals surface area contributed by atoms with E-state index in [1.807, 2.05) is 0 Å². The molecule has 1 heterocycles. The van der Waals surface area contributed by atoms with Gasteiger partial charge in [0.1, 0.15) is 5.82 Å². The van der Waals surface area contributed by atoms with Crippen LogP contribution < -0.4 is 5.32 Å². The largest absolute Gasteiger partial charge is 0.478 e. The minimum Gasteiger partial charge on any atom is -0.478 e. The first-order valence-electron chi connectivity index (χ1n) is 4.73. The fraction of sp³-hybridized carbons (Fsp3) is 0.400. The van der Waals surface area contributed by atoms with Gasteiger partial charge in [-0.2, -0.15) is 0 Å². The second-order valence-electron chi connectivity index (χ2n) is 3.22. The number of carboxylic acid groups (broad SMARTS) is 1. The third kappa shape index (κ3) is 3.48. The number of aromatic carboxylic acids is 1. The Labute approximate surface area is 92.9 Å². The summed E-state index contributed by atoms with van der Waals surface area (Å²) in [4.78, 5) is 14.5. The molecule has 0 aliphatic carbocycles. The summed E-state index contributed by atoms with van der Waals surface area (Å²) in [6, 6.07) is 2.73. The molecular formula is C10H14N2O4. The molecule has 6 nitrogen and oxygen atoms in total. The summed E-state index contributed by atoms with van der Waals surface area (Å²) in [7, 11) is 1.53. The van der Waals surface area contributed by atoms with E-state index in [0.29, 0.717) is 12.4 Å². The van der Waals surface area contributed by atoms with Crippen LogP contribution in [0.1, 0.15) is 10.4 Å². The van der Waals surface area contributed by atoms with Gasteiger partial charge in [-0.3, -0.25) is 0 Å². The van der Waals surface area contributed by atoms with Gasteiger partial charge < -0.3 is 20.3 Å². The molecule has 1 rings (SSSR count). The quantitative estimate of drug-likeness (QED) is 0.641. The highest BCUT2D eigenvalue weighted by molar-refractivity contribution is 5.87. The van der Waals surface area contributed by atoms with E-state index in [1.54, 1.807) is 6.07 Å². The van der Waals surface area contributed by atoms with Gasteiger partial charge in [0.25, 0.3) is 0 Å². The van der Waals surface area contributed by atoms with Gasteiger partial charge in [-0.15, -0.1) is 0 Å². The maximum absolute atomic E-state index is 10.6. The van der Waals surface area contributed by atoms with Crippen LogP contribution >= 0.6 is 0 Å². The van der Waals surface area contributed by atoms with Crippen molar-refractivity contribution in [3.8, 4) is 0 Å². The van der Waals surface area contributed by atoms with Crippen molar-refractivity contribution in [1.82, 2.24) is 4.98 Å². The fourth-order valence-electron chi connectivity index (χ4n) is 1.16. The van der Waals surface area contributed by atoms with Gasteiger partial charge in [-0.25, -0.2) is 9.78 Å². The summed E-state index contributed by atoms with van der Waals surface area (Å²) in [6.07, 6.45) is 1.26. The number of aliphatic hydroxyl groups is 1. The number of hydrogen-bond donors (Lipinski definition) is 3. The predicted octanol–water partition coefficient (Wildman–Crippen LogP) is 0.199. The lowest BCUT2D eigenvalue weighted by molar-refractivity contribution is 0.0696. The number of pyridine rings is 1. The highest BCUT2D eigenvalue weighted by Crippen LogP contribution is 2.06. The molecular weight excluding hydrogens is 212 g/mol. The SMILES string of the molecule is COCC(CO)Nc1ccc(C(=O)O)cn1. The number of nitrogens with zero attached hydrogens (tertiary/aromatic N) is 1. The maximum atomic E-state index is 10.6. The molecule has 0 bridgehead atoms. The van der Waals surface area contributed by atoms with Crippen LogP contribution in [0.4, 0.5) is 5.82 Å². The number of methoxy groups -OCH3 is 1. The Morgan fingerprint density at radius 2 is 2.38 bits per heavy atom. The van der Waals surface area contributed by atoms with Crippen molar-refractivity contribution < 1.29 is 19.7 Å². The van der Waals surface area contributed by atoms with Gasteiger partial charge in [0.05, 0.1) is 24.8 Å². The molecule has 6 heteroatoms. The summed E-state index contributed by atoms with van der Waals surface area (Å²) in [5.74, 6) is -0.518. The summed E-state index contributed by atoms with van der Waals surface area (Å²) in [5.41, 5.74) is 0.123. The number of carbonyl (C=O) groups is 1. The van der Waals surface area contributed by atoms with E-state index in [4.69, 9.17) is 14.9 Å². The summed E-state index contributed by atoms with van der Waals surface area (Å²) in [6.45, 7) is 0.259. The number of rotatable bonds is 6. The van der Waals surface area contributed by atoms with Crippen molar-refractivity contribution in [3.63, 3.8) is 0 Å². The van der Waals surface area contributed by atoms with E-state index in [2.05, 4.69) is 10.3 Å². The van der Waals surface area contributed by atoms with Crippen LogP contribution in [-0.4, -0.2) is 47.5 Å². The second-order valence-corrected chi connectivity index (χ2v) is 3.22. The molecule has 1 unspecified atom stereocenters. The number of anilines is 1. The Hall–Kier alpha value is -1.66. The van der Waals surface area contributed by atoms with Crippen LogP contribution in [0.2, 0.25) is 0 Å². The molecule has 0 aromatic carbocycles. The standard InChI is InChI=1S/C10H14N2O4/c1-16-6-8(5-13)12-9-3-2-7(4-11-9)10(14)15/h2-4,8,13H,5-6H2,1H3,(H,11,12)(H,14,15). The van der Waals surface area contributed by atoms with E-state index >= 15 is 0 Å². The minimum atomic E-state index is -1.02. The van der Waals surface area contributed by atoms with Gasteiger partial charge in [-0.1, -0.05) is 0 Å². The van der Waals surface area contributed by atoms with Crippen molar-refractivity contribution in [2.24, 2.45) is 0 Å². The zero-order valence-electron chi connectivity index (χ0n) is 8.88. The van der Waals surface area contributed by atoms with E-state index in [-0.39, 0.29) is 18.2 Å². The van der Waals surface area contributed by atoms with Crippen molar-refractivity contribution in [1.29, 1.82) is 0 Å². The third-order valence-electron chi connectivity index (χ3n) is 1.95. The zero-order chi connectivity index (χ0) is 12.0. The van der Waals surface area contributed by atoms with Crippen LogP contribution in [-0.2, 0) is 4.74 Å². The van der Waals surface area contributed by atoms with E-state index in [0.717, 1.165) is 0 Å². The van der Waals surface area contributed by atoms with Crippen LogP contribution in [0, 0.1) is 0 Å². The molecule has 3 N–H and O–H groups in total. The van der Waals surface area contributed by atoms with Gasteiger partial charge in [0.15, 0.2) is 0 Å². The molecule has 1 atom stereocenters. The second kappa shape index (κ2) is 6.04. The van der Waals surface area contributed by atoms with Gasteiger partial charge in [0.2, 0.25) is 0 Å². The highest BCUT2D eigenvalue weighted by Gasteiger charge is 2.08. The Kier molecular flexibility index (Phi) is 4.68. The molecule has 0 aliphatic heterocycles. The number of nitrogens with one attached hydrogen (secondary N) is 1. The number of hydrogen-bond acceptors (Lipinski definition) is 5. The molecule has 0 aliphatic rings. The third-order valence-corrected chi connectivity index (χ3v) is 1.95. The van der Waals surface area contributed by atoms with Crippen molar-refractivity contribution >= 4 is 11.8 Å². The van der Waals surface area contributed by atoms with Gasteiger partial charge in [0, 0.05) is 13.3 Å². The molecule has 1 aromatic heterocycles. The number of carboxylic acids is 1. The normalized spacial score (nSPS) is 12.1. The molecule has 1 aromatic rings. The van der Waals surface area contributed by atoms with Crippen LogP contribution in [0.5, 0.6) is 0 Å². The smallest absolute Gasteiger partial charge is 0.337 e. The average Bonchev–Trinajstić information content (AvgIpc) is 2.29. The van der Waals surface area contributed by atoms with Crippen LogP contribution in [0.3, 0.4) is 0 Å². The average molecular weight is 226 g/mol. The molecule has 0 radical (unpaired) electrons. The van der Waals surface area contributed by atoms with Crippen molar-refractivity contribution in [3.05, 3.63) is 23.9 Å². The number of aromatic nitrogens is 1. The first kappa shape index (κ1) is 12.4. The Balaban J connectivity index is 2.63. The molecule has 0 fully saturated rings. The summed E-state index contributed by atoms with van der Waals surface area (Å²) in [5, 5.41) is 20.6. The summed E-state index contributed by atoms with van der Waals surface area (Å²) < 4.78 is 4.88. The lowest BCUT2D eigenvalue weighted by Crippen LogP contribution is -2.29. The number of aliphatic hydroxyl groups excluding tert-OH is 1. The number of ether oxygens (including phenoxy) is 1. The van der Waals surface area contributed by atoms with E-state index < -0.39 is 5.97 Å². The molecule has 0 saturated carbocycles. The Bertz CT molecular complexity index is 339. The van der Waals surface area contributed by atoms with E-state index in [1.165, 1.54) is 19.4 Å². The van der Waals surface area contributed by atoms with Gasteiger partial charge >= 0.3 is 5.97 Å². The van der Waals surface area contributed by atoms with Crippen molar-refractivity contribution in [2.45, 2.75) is 6.04 Å². The first-order valence-corrected chi connectivity index (χ1v) is 4.73. The first-order chi connectivity index (χ1) is 7.67. The maximum Gasteiger partial charge on any atom is 0.337 e. The summed E-state index contributed by atoms with van der Waals surface area (Å²) >= 11 is 0. The Morgan fingerprint density at radius 3 is 2.81 bits per heavy atom. The van der Waals surface area contributed by atoms with Crippen LogP contribution in [0.25, 0.3) is 0 Å². The molecule has 0 saturated heterocycles. The molecule has 0 amide bonds. The molecule has 16 heavy (non-hydrogen) atoms. The lowest BCUT2D eigenvalue weighted by Gasteiger charge is -2.15. The van der Waals surface area contributed by atoms with Gasteiger partial charge in [-0.05, 0) is 12.1 Å². The lowest BCUT2D eigenvalue weighted by atomic mass is 10.2. The minimum absolute atomic E-state index is 0.0871. The van der Waals surface area contributed by atoms with Crippen LogP contribution in [0.15, 0.2) is 18.3 Å². The molecule has 88 valence electrons. The highest BCUT2D eigenvalue weighted by atomic mass is 16.5. The zero-order valence-corrected chi connectivity index (χ0v) is 8.88. The monoisotopic (exact) mass is 226 g/mol.